The lowest BCUT2D eigenvalue weighted by Crippen LogP contribution is -3.00. The average Bonchev–Trinajstić information content (AvgIpc) is 2.78. The van der Waals surface area contributed by atoms with Gasteiger partial charge in [0.05, 0.1) is 27.1 Å². The van der Waals surface area contributed by atoms with Gasteiger partial charge in [0, 0.05) is 0 Å². The van der Waals surface area contributed by atoms with Gasteiger partial charge in [0.1, 0.15) is 40.4 Å². The minimum atomic E-state index is -1.99. The predicted molar refractivity (Wildman–Crippen MR) is 120 cm³/mol. The van der Waals surface area contributed by atoms with E-state index >= 15 is 0 Å². The third kappa shape index (κ3) is 4.66. The van der Waals surface area contributed by atoms with Crippen molar-refractivity contribution in [1.82, 2.24) is 0 Å². The molecular weight excluding hydrogens is 447 g/mol. The van der Waals surface area contributed by atoms with Crippen LogP contribution in [0.1, 0.15) is 6.92 Å². The smallest absolute Gasteiger partial charge is 0.136 e. The zero-order valence-corrected chi connectivity index (χ0v) is 19.6. The Labute approximate surface area is 184 Å². The normalized spacial score (nSPS) is 11.0. The van der Waals surface area contributed by atoms with E-state index in [1.807, 2.05) is 36.4 Å². The van der Waals surface area contributed by atoms with Crippen LogP contribution in [-0.2, 0) is 0 Å². The molecule has 0 saturated heterocycles. The fourth-order valence-corrected chi connectivity index (χ4v) is 7.10. The number of hydrogen-bond acceptors (Lipinski definition) is 3. The van der Waals surface area contributed by atoms with Gasteiger partial charge in [0.25, 0.3) is 0 Å². The van der Waals surface area contributed by atoms with Crippen molar-refractivity contribution in [3.8, 4) is 17.2 Å². The van der Waals surface area contributed by atoms with Crippen LogP contribution in [-0.4, -0.2) is 21.3 Å². The number of allylic oxidation sites excluding steroid dienone is 1. The van der Waals surface area contributed by atoms with Gasteiger partial charge in [-0.2, -0.15) is 0 Å². The van der Waals surface area contributed by atoms with Gasteiger partial charge in [-0.15, -0.1) is 0 Å². The zero-order valence-electron chi connectivity index (χ0n) is 17.1. The van der Waals surface area contributed by atoms with Gasteiger partial charge in [-0.05, 0) is 79.7 Å². The molecule has 0 amide bonds. The third-order valence-corrected chi connectivity index (χ3v) is 8.90. The summed E-state index contributed by atoms with van der Waals surface area (Å²) in [6.45, 7) is 2.07. The number of halogens is 1. The highest BCUT2D eigenvalue weighted by molar-refractivity contribution is 7.98. The number of ether oxygens (including phenoxy) is 3. The van der Waals surface area contributed by atoms with Crippen molar-refractivity contribution in [3.63, 3.8) is 0 Å². The highest BCUT2D eigenvalue weighted by Gasteiger charge is 2.43. The second-order valence-corrected chi connectivity index (χ2v) is 9.59. The van der Waals surface area contributed by atoms with Crippen molar-refractivity contribution in [3.05, 3.63) is 84.7 Å². The molecule has 3 nitrogen and oxygen atoms in total. The van der Waals surface area contributed by atoms with Crippen LogP contribution < -0.4 is 47.1 Å². The molecule has 0 aromatic heterocycles. The summed E-state index contributed by atoms with van der Waals surface area (Å²) in [5.41, 5.74) is 0. The lowest BCUT2D eigenvalue weighted by Gasteiger charge is -2.24. The first-order valence-electron chi connectivity index (χ1n) is 9.14. The van der Waals surface area contributed by atoms with Crippen LogP contribution in [0.5, 0.6) is 17.2 Å². The molecule has 29 heavy (non-hydrogen) atoms. The molecule has 0 atom stereocenters. The first kappa shape index (κ1) is 23.0. The van der Waals surface area contributed by atoms with E-state index in [0.717, 1.165) is 17.2 Å². The third-order valence-electron chi connectivity index (χ3n) is 4.81. The van der Waals surface area contributed by atoms with E-state index in [4.69, 9.17) is 14.2 Å². The SMILES string of the molecule is C/C=C/[P+](c1ccc(OC)cc1)(c1ccc(OC)cc1)c1ccc(OC)cc1.[Br-]. The molecule has 3 rings (SSSR count). The topological polar surface area (TPSA) is 27.7 Å². The average molecular weight is 473 g/mol. The van der Waals surface area contributed by atoms with Crippen molar-refractivity contribution in [1.29, 1.82) is 0 Å². The number of methoxy groups -OCH3 is 3. The van der Waals surface area contributed by atoms with Crippen molar-refractivity contribution in [2.75, 3.05) is 21.3 Å². The molecule has 0 unspecified atom stereocenters. The quantitative estimate of drug-likeness (QED) is 0.488. The van der Waals surface area contributed by atoms with E-state index < -0.39 is 7.26 Å². The van der Waals surface area contributed by atoms with Crippen LogP contribution in [0, 0.1) is 0 Å². The van der Waals surface area contributed by atoms with E-state index in [2.05, 4.69) is 55.2 Å². The maximum absolute atomic E-state index is 5.38. The Morgan fingerprint density at radius 2 is 0.828 bits per heavy atom. The second kappa shape index (κ2) is 10.5. The molecule has 0 aliphatic heterocycles. The van der Waals surface area contributed by atoms with E-state index in [1.165, 1.54) is 15.9 Å². The van der Waals surface area contributed by atoms with Crippen LogP contribution >= 0.6 is 7.26 Å². The van der Waals surface area contributed by atoms with Crippen LogP contribution in [0.2, 0.25) is 0 Å². The number of hydrogen-bond donors (Lipinski definition) is 0. The summed E-state index contributed by atoms with van der Waals surface area (Å²) in [7, 11) is 3.08. The molecule has 3 aromatic rings. The van der Waals surface area contributed by atoms with Gasteiger partial charge in [-0.1, -0.05) is 6.08 Å². The largest absolute Gasteiger partial charge is 1.00 e. The molecule has 5 heteroatoms. The summed E-state index contributed by atoms with van der Waals surface area (Å²) in [6.07, 6.45) is 2.15. The molecule has 0 heterocycles. The summed E-state index contributed by atoms with van der Waals surface area (Å²) in [5.74, 6) is 4.91. The lowest BCUT2D eigenvalue weighted by molar-refractivity contribution is -0.00000652. The molecule has 3 aromatic carbocycles. The summed E-state index contributed by atoms with van der Waals surface area (Å²) in [6, 6.07) is 25.2. The van der Waals surface area contributed by atoms with Crippen molar-refractivity contribution in [2.24, 2.45) is 0 Å². The first-order valence-corrected chi connectivity index (χ1v) is 11.0. The fourth-order valence-electron chi connectivity index (χ4n) is 3.38. The summed E-state index contributed by atoms with van der Waals surface area (Å²) < 4.78 is 16.1. The Balaban J connectivity index is 0.00000300. The Hall–Kier alpha value is -2.29. The maximum Gasteiger partial charge on any atom is 0.136 e. The van der Waals surface area contributed by atoms with Crippen molar-refractivity contribution < 1.29 is 31.2 Å². The molecule has 0 N–H and O–H groups in total. The van der Waals surface area contributed by atoms with Gasteiger partial charge in [0.15, 0.2) is 0 Å². The number of benzene rings is 3. The molecule has 0 aliphatic carbocycles. The van der Waals surface area contributed by atoms with Gasteiger partial charge >= 0.3 is 0 Å². The number of rotatable bonds is 7. The molecular formula is C24H26BrO3P. The van der Waals surface area contributed by atoms with Gasteiger partial charge < -0.3 is 31.2 Å². The fraction of sp³-hybridized carbons (Fsp3) is 0.167. The second-order valence-electron chi connectivity index (χ2n) is 6.30. The van der Waals surface area contributed by atoms with E-state index in [1.54, 1.807) is 21.3 Å². The molecule has 0 spiro atoms. The van der Waals surface area contributed by atoms with Gasteiger partial charge in [0.2, 0.25) is 0 Å². The maximum atomic E-state index is 5.38. The first-order chi connectivity index (χ1) is 13.7. The highest BCUT2D eigenvalue weighted by Crippen LogP contribution is 2.57. The summed E-state index contributed by atoms with van der Waals surface area (Å²) in [4.78, 5) is 0. The standard InChI is InChI=1S/C24H26O3P.BrH/c1-5-18-28(22-12-6-19(25-2)7-13-22,23-14-8-20(26-3)9-15-23)24-16-10-21(27-4)11-17-24;/h5-18H,1-4H3;1H/q+1;/p-1/b18-5+;. The molecule has 0 radical (unpaired) electrons. The van der Waals surface area contributed by atoms with Crippen LogP contribution in [0.3, 0.4) is 0 Å². The van der Waals surface area contributed by atoms with Crippen LogP contribution in [0.4, 0.5) is 0 Å². The Bertz CT molecular complexity index is 804. The van der Waals surface area contributed by atoms with Crippen molar-refractivity contribution >= 4 is 23.2 Å². The molecule has 0 saturated carbocycles. The molecule has 152 valence electrons. The van der Waals surface area contributed by atoms with Crippen LogP contribution in [0.15, 0.2) is 84.7 Å². The van der Waals surface area contributed by atoms with Crippen LogP contribution in [0.25, 0.3) is 0 Å². The molecule has 0 fully saturated rings. The van der Waals surface area contributed by atoms with Gasteiger partial charge in [-0.3, -0.25) is 0 Å². The van der Waals surface area contributed by atoms with Gasteiger partial charge in [-0.25, -0.2) is 0 Å². The lowest BCUT2D eigenvalue weighted by atomic mass is 10.3. The predicted octanol–water partition coefficient (Wildman–Crippen LogP) is 1.54. The Morgan fingerprint density at radius 3 is 1.03 bits per heavy atom. The Kier molecular flexibility index (Phi) is 8.31. The van der Waals surface area contributed by atoms with E-state index in [0.29, 0.717) is 0 Å². The van der Waals surface area contributed by atoms with Crippen molar-refractivity contribution in [2.45, 2.75) is 6.92 Å². The van der Waals surface area contributed by atoms with E-state index in [-0.39, 0.29) is 17.0 Å². The zero-order chi connectivity index (χ0) is 20.0. The minimum absolute atomic E-state index is 0. The summed E-state index contributed by atoms with van der Waals surface area (Å²) in [5, 5.41) is 3.80. The molecule has 0 aliphatic rings. The monoisotopic (exact) mass is 472 g/mol. The highest BCUT2D eigenvalue weighted by atomic mass is 79.9. The Morgan fingerprint density at radius 1 is 0.552 bits per heavy atom. The minimum Gasteiger partial charge on any atom is -1.00 e. The summed E-state index contributed by atoms with van der Waals surface area (Å²) >= 11 is 0. The molecule has 0 bridgehead atoms. The van der Waals surface area contributed by atoms with E-state index in [9.17, 15) is 0 Å².